The minimum absolute atomic E-state index is 0.0297. The van der Waals surface area contributed by atoms with Crippen molar-refractivity contribution >= 4 is 0 Å². The van der Waals surface area contributed by atoms with Crippen molar-refractivity contribution in [2.75, 3.05) is 6.54 Å². The molecule has 4 nitrogen and oxygen atoms in total. The molecular weight excluding hydrogens is 233 g/mol. The number of nitrogens with one attached hydrogen (secondary N) is 1. The van der Waals surface area contributed by atoms with Crippen molar-refractivity contribution in [2.45, 2.75) is 26.3 Å². The smallest absolute Gasteiger partial charge is 0.250 e. The Kier molecular flexibility index (Phi) is 4.04. The maximum absolute atomic E-state index is 13.5. The number of hydrogen-bond acceptors (Lipinski definition) is 4. The van der Waals surface area contributed by atoms with Crippen molar-refractivity contribution in [2.24, 2.45) is 0 Å². The number of halogens is 1. The Morgan fingerprint density at radius 3 is 2.83 bits per heavy atom. The Morgan fingerprint density at radius 1 is 1.33 bits per heavy atom. The summed E-state index contributed by atoms with van der Waals surface area (Å²) in [6, 6.07) is 6.33. The summed E-state index contributed by atoms with van der Waals surface area (Å²) in [7, 11) is 0. The van der Waals surface area contributed by atoms with Crippen LogP contribution in [0.4, 0.5) is 4.39 Å². The first-order chi connectivity index (χ1) is 8.72. The topological polar surface area (TPSA) is 51.0 Å². The Balaban J connectivity index is 2.18. The lowest BCUT2D eigenvalue weighted by Crippen LogP contribution is -2.19. The first-order valence-electron chi connectivity index (χ1n) is 6.04. The summed E-state index contributed by atoms with van der Waals surface area (Å²) in [5.74, 6) is 0.330. The van der Waals surface area contributed by atoms with Gasteiger partial charge in [0, 0.05) is 0 Å². The molecule has 0 saturated carbocycles. The first kappa shape index (κ1) is 12.7. The number of aromatic nitrogens is 2. The van der Waals surface area contributed by atoms with Crippen molar-refractivity contribution in [1.29, 1.82) is 0 Å². The summed E-state index contributed by atoms with van der Waals surface area (Å²) < 4.78 is 19.0. The molecule has 1 unspecified atom stereocenters. The van der Waals surface area contributed by atoms with Crippen molar-refractivity contribution in [1.82, 2.24) is 15.5 Å². The summed E-state index contributed by atoms with van der Waals surface area (Å²) in [5.41, 5.74) is 0.332. The van der Waals surface area contributed by atoms with Crippen LogP contribution in [0.5, 0.6) is 0 Å². The van der Waals surface area contributed by atoms with Gasteiger partial charge in [0.2, 0.25) is 5.89 Å². The molecule has 5 heteroatoms. The van der Waals surface area contributed by atoms with Gasteiger partial charge >= 0.3 is 0 Å². The van der Waals surface area contributed by atoms with Crippen molar-refractivity contribution in [3.8, 4) is 11.5 Å². The summed E-state index contributed by atoms with van der Waals surface area (Å²) in [6.07, 6.45) is 1.03. The van der Waals surface area contributed by atoms with Gasteiger partial charge in [0.05, 0.1) is 11.6 Å². The quantitative estimate of drug-likeness (QED) is 0.885. The molecule has 1 aromatic carbocycles. The number of rotatable bonds is 5. The second-order valence-electron chi connectivity index (χ2n) is 4.10. The van der Waals surface area contributed by atoms with Gasteiger partial charge < -0.3 is 9.73 Å². The SMILES string of the molecule is CCCNC(C)c1nnc(-c2ccccc2F)o1. The average Bonchev–Trinajstić information content (AvgIpc) is 2.86. The van der Waals surface area contributed by atoms with Crippen LogP contribution in [0.15, 0.2) is 28.7 Å². The van der Waals surface area contributed by atoms with E-state index in [1.807, 2.05) is 6.92 Å². The van der Waals surface area contributed by atoms with E-state index in [4.69, 9.17) is 4.42 Å². The molecule has 1 atom stereocenters. The molecule has 1 N–H and O–H groups in total. The van der Waals surface area contributed by atoms with Crippen LogP contribution in [0.2, 0.25) is 0 Å². The lowest BCUT2D eigenvalue weighted by molar-refractivity contribution is 0.422. The molecule has 0 aliphatic rings. The molecule has 0 fully saturated rings. The molecule has 18 heavy (non-hydrogen) atoms. The van der Waals surface area contributed by atoms with Gasteiger partial charge in [0.25, 0.3) is 5.89 Å². The third kappa shape index (κ3) is 2.73. The lowest BCUT2D eigenvalue weighted by Gasteiger charge is -2.07. The molecule has 2 rings (SSSR count). The van der Waals surface area contributed by atoms with Gasteiger partial charge in [-0.2, -0.15) is 0 Å². The molecule has 0 spiro atoms. The van der Waals surface area contributed by atoms with Gasteiger partial charge in [-0.1, -0.05) is 19.1 Å². The summed E-state index contributed by atoms with van der Waals surface area (Å²) in [5, 5.41) is 11.1. The number of nitrogens with zero attached hydrogens (tertiary/aromatic N) is 2. The van der Waals surface area contributed by atoms with Gasteiger partial charge in [-0.15, -0.1) is 10.2 Å². The van der Waals surface area contributed by atoms with E-state index < -0.39 is 0 Å². The molecule has 0 bridgehead atoms. The Morgan fingerprint density at radius 2 is 2.11 bits per heavy atom. The largest absolute Gasteiger partial charge is 0.419 e. The molecule has 0 aliphatic heterocycles. The van der Waals surface area contributed by atoms with Gasteiger partial charge in [0.15, 0.2) is 0 Å². The fourth-order valence-corrected chi connectivity index (χ4v) is 1.60. The highest BCUT2D eigenvalue weighted by molar-refractivity contribution is 5.53. The molecule has 0 saturated heterocycles. The predicted molar refractivity (Wildman–Crippen MR) is 66.4 cm³/mol. The van der Waals surface area contributed by atoms with Crippen LogP contribution in [0.1, 0.15) is 32.2 Å². The minimum atomic E-state index is -0.359. The molecule has 1 aromatic heterocycles. The zero-order valence-corrected chi connectivity index (χ0v) is 10.5. The Hall–Kier alpha value is -1.75. The molecule has 1 heterocycles. The molecule has 0 radical (unpaired) electrons. The van der Waals surface area contributed by atoms with Gasteiger partial charge in [-0.05, 0) is 32.0 Å². The molecule has 0 aliphatic carbocycles. The molecule has 0 amide bonds. The Labute approximate surface area is 105 Å². The highest BCUT2D eigenvalue weighted by atomic mass is 19.1. The van der Waals surface area contributed by atoms with E-state index in [-0.39, 0.29) is 17.7 Å². The van der Waals surface area contributed by atoms with Crippen molar-refractivity contribution in [3.63, 3.8) is 0 Å². The van der Waals surface area contributed by atoms with Crippen LogP contribution < -0.4 is 5.32 Å². The first-order valence-corrected chi connectivity index (χ1v) is 6.04. The van der Waals surface area contributed by atoms with E-state index in [0.29, 0.717) is 11.5 Å². The van der Waals surface area contributed by atoms with Crippen LogP contribution in [0, 0.1) is 5.82 Å². The van der Waals surface area contributed by atoms with Crippen LogP contribution >= 0.6 is 0 Å². The highest BCUT2D eigenvalue weighted by Crippen LogP contribution is 2.22. The van der Waals surface area contributed by atoms with Crippen molar-refractivity contribution < 1.29 is 8.81 Å². The number of benzene rings is 1. The van der Waals surface area contributed by atoms with Gasteiger partial charge in [-0.25, -0.2) is 4.39 Å². The standard InChI is InChI=1S/C13H16FN3O/c1-3-8-15-9(2)12-16-17-13(18-12)10-6-4-5-7-11(10)14/h4-7,9,15H,3,8H2,1-2H3. The normalized spacial score (nSPS) is 12.6. The van der Waals surface area contributed by atoms with Crippen LogP contribution in [0.3, 0.4) is 0 Å². The molecule has 2 aromatic rings. The van der Waals surface area contributed by atoms with Gasteiger partial charge in [-0.3, -0.25) is 0 Å². The zero-order valence-electron chi connectivity index (χ0n) is 10.5. The second kappa shape index (κ2) is 5.73. The minimum Gasteiger partial charge on any atom is -0.419 e. The fourth-order valence-electron chi connectivity index (χ4n) is 1.60. The van der Waals surface area contributed by atoms with Crippen LogP contribution in [0.25, 0.3) is 11.5 Å². The summed E-state index contributed by atoms with van der Waals surface area (Å²) >= 11 is 0. The lowest BCUT2D eigenvalue weighted by atomic mass is 10.2. The summed E-state index contributed by atoms with van der Waals surface area (Å²) in [6.45, 7) is 4.89. The van der Waals surface area contributed by atoms with E-state index in [9.17, 15) is 4.39 Å². The highest BCUT2D eigenvalue weighted by Gasteiger charge is 2.16. The maximum atomic E-state index is 13.5. The monoisotopic (exact) mass is 249 g/mol. The van der Waals surface area contributed by atoms with Gasteiger partial charge in [0.1, 0.15) is 5.82 Å². The number of hydrogen-bond donors (Lipinski definition) is 1. The molecular formula is C13H16FN3O. The Bertz CT molecular complexity index is 512. The van der Waals surface area contributed by atoms with E-state index in [1.54, 1.807) is 18.2 Å². The second-order valence-corrected chi connectivity index (χ2v) is 4.10. The molecule has 96 valence electrons. The van der Waals surface area contributed by atoms with Crippen molar-refractivity contribution in [3.05, 3.63) is 36.0 Å². The summed E-state index contributed by atoms with van der Waals surface area (Å²) in [4.78, 5) is 0. The van der Waals surface area contributed by atoms with E-state index in [1.165, 1.54) is 6.07 Å². The third-order valence-electron chi connectivity index (χ3n) is 2.62. The zero-order chi connectivity index (χ0) is 13.0. The predicted octanol–water partition coefficient (Wildman–Crippen LogP) is 2.94. The fraction of sp³-hybridized carbons (Fsp3) is 0.385. The van der Waals surface area contributed by atoms with Crippen LogP contribution in [-0.2, 0) is 0 Å². The van der Waals surface area contributed by atoms with E-state index >= 15 is 0 Å². The van der Waals surface area contributed by atoms with E-state index in [2.05, 4.69) is 22.4 Å². The van der Waals surface area contributed by atoms with Crippen LogP contribution in [-0.4, -0.2) is 16.7 Å². The average molecular weight is 249 g/mol. The van der Waals surface area contributed by atoms with E-state index in [0.717, 1.165) is 13.0 Å². The maximum Gasteiger partial charge on any atom is 0.250 e. The third-order valence-corrected chi connectivity index (χ3v) is 2.62.